The zero-order valence-electron chi connectivity index (χ0n) is 11.5. The van der Waals surface area contributed by atoms with Gasteiger partial charge in [0.05, 0.1) is 5.54 Å². The first-order valence-corrected chi connectivity index (χ1v) is 6.61. The molecule has 1 aliphatic rings. The van der Waals surface area contributed by atoms with E-state index in [2.05, 4.69) is 17.6 Å². The van der Waals surface area contributed by atoms with Crippen LogP contribution in [0.25, 0.3) is 0 Å². The molecule has 1 fully saturated rings. The molecule has 1 atom stereocenters. The van der Waals surface area contributed by atoms with E-state index in [-0.39, 0.29) is 11.9 Å². The van der Waals surface area contributed by atoms with E-state index in [9.17, 15) is 4.79 Å². The maximum Gasteiger partial charge on any atom is 0.239 e. The fourth-order valence-corrected chi connectivity index (χ4v) is 2.24. The first kappa shape index (κ1) is 14.5. The van der Waals surface area contributed by atoms with Crippen molar-refractivity contribution in [2.75, 3.05) is 19.8 Å². The van der Waals surface area contributed by atoms with Gasteiger partial charge in [-0.2, -0.15) is 0 Å². The second-order valence-electron chi connectivity index (χ2n) is 5.37. The standard InChI is InChI=1S/C13H26N2O2/c1-5-14-13(3,4)12(16)15-10(2)11-6-8-17-9-7-11/h10-11,14H,5-9H2,1-4H3,(H,15,16). The molecule has 4 heteroatoms. The predicted octanol–water partition coefficient (Wildman–Crippen LogP) is 1.31. The Labute approximate surface area is 104 Å². The van der Waals surface area contributed by atoms with E-state index in [0.29, 0.717) is 5.92 Å². The van der Waals surface area contributed by atoms with Gasteiger partial charge < -0.3 is 15.4 Å². The van der Waals surface area contributed by atoms with Gasteiger partial charge >= 0.3 is 0 Å². The molecule has 0 saturated carbocycles. The van der Waals surface area contributed by atoms with Crippen LogP contribution < -0.4 is 10.6 Å². The molecule has 0 aliphatic carbocycles. The molecule has 0 spiro atoms. The Balaban J connectivity index is 2.44. The van der Waals surface area contributed by atoms with Gasteiger partial charge in [-0.15, -0.1) is 0 Å². The minimum atomic E-state index is -0.492. The van der Waals surface area contributed by atoms with Crippen molar-refractivity contribution in [3.05, 3.63) is 0 Å². The minimum absolute atomic E-state index is 0.0818. The molecule has 0 aromatic heterocycles. The van der Waals surface area contributed by atoms with Crippen LogP contribution in [0.4, 0.5) is 0 Å². The number of carbonyl (C=O) groups excluding carboxylic acids is 1. The lowest BCUT2D eigenvalue weighted by Crippen LogP contribution is -2.55. The lowest BCUT2D eigenvalue weighted by molar-refractivity contribution is -0.127. The predicted molar refractivity (Wildman–Crippen MR) is 68.9 cm³/mol. The van der Waals surface area contributed by atoms with Crippen molar-refractivity contribution in [1.82, 2.24) is 10.6 Å². The lowest BCUT2D eigenvalue weighted by Gasteiger charge is -2.32. The first-order valence-electron chi connectivity index (χ1n) is 6.61. The lowest BCUT2D eigenvalue weighted by atomic mass is 9.92. The highest BCUT2D eigenvalue weighted by Gasteiger charge is 2.29. The maximum absolute atomic E-state index is 12.1. The van der Waals surface area contributed by atoms with Gasteiger partial charge in [-0.1, -0.05) is 6.92 Å². The molecule has 100 valence electrons. The molecule has 17 heavy (non-hydrogen) atoms. The fourth-order valence-electron chi connectivity index (χ4n) is 2.24. The van der Waals surface area contributed by atoms with Crippen LogP contribution in [-0.4, -0.2) is 37.2 Å². The Morgan fingerprint density at radius 3 is 2.53 bits per heavy atom. The van der Waals surface area contributed by atoms with Gasteiger partial charge in [0.25, 0.3) is 0 Å². The topological polar surface area (TPSA) is 50.4 Å². The molecular weight excluding hydrogens is 216 g/mol. The molecule has 1 heterocycles. The summed E-state index contributed by atoms with van der Waals surface area (Å²) >= 11 is 0. The van der Waals surface area contributed by atoms with Gasteiger partial charge in [0.1, 0.15) is 0 Å². The van der Waals surface area contributed by atoms with Crippen LogP contribution in [0, 0.1) is 5.92 Å². The van der Waals surface area contributed by atoms with E-state index in [1.807, 2.05) is 20.8 Å². The minimum Gasteiger partial charge on any atom is -0.381 e. The SMILES string of the molecule is CCNC(C)(C)C(=O)NC(C)C1CCOCC1. The highest BCUT2D eigenvalue weighted by Crippen LogP contribution is 2.19. The van der Waals surface area contributed by atoms with E-state index < -0.39 is 5.54 Å². The molecule has 0 aromatic rings. The second-order valence-corrected chi connectivity index (χ2v) is 5.37. The van der Waals surface area contributed by atoms with E-state index in [0.717, 1.165) is 32.6 Å². The second kappa shape index (κ2) is 6.36. The number of amides is 1. The summed E-state index contributed by atoms with van der Waals surface area (Å²) < 4.78 is 5.34. The molecule has 4 nitrogen and oxygen atoms in total. The van der Waals surface area contributed by atoms with Crippen molar-refractivity contribution in [2.24, 2.45) is 5.92 Å². The summed E-state index contributed by atoms with van der Waals surface area (Å²) in [7, 11) is 0. The Morgan fingerprint density at radius 2 is 2.00 bits per heavy atom. The fraction of sp³-hybridized carbons (Fsp3) is 0.923. The van der Waals surface area contributed by atoms with Gasteiger partial charge in [-0.05, 0) is 46.1 Å². The zero-order chi connectivity index (χ0) is 12.9. The summed E-state index contributed by atoms with van der Waals surface area (Å²) in [6.45, 7) is 10.4. The molecule has 2 N–H and O–H groups in total. The van der Waals surface area contributed by atoms with Crippen LogP contribution in [0.15, 0.2) is 0 Å². The third kappa shape index (κ3) is 4.28. The van der Waals surface area contributed by atoms with Gasteiger partial charge in [0.15, 0.2) is 0 Å². The van der Waals surface area contributed by atoms with Crippen molar-refractivity contribution in [2.45, 2.75) is 52.1 Å². The van der Waals surface area contributed by atoms with Gasteiger partial charge in [0, 0.05) is 19.3 Å². The van der Waals surface area contributed by atoms with Gasteiger partial charge in [-0.3, -0.25) is 4.79 Å². The van der Waals surface area contributed by atoms with Crippen LogP contribution in [-0.2, 0) is 9.53 Å². The number of nitrogens with one attached hydrogen (secondary N) is 2. The smallest absolute Gasteiger partial charge is 0.239 e. The normalized spacial score (nSPS) is 20.0. The number of hydrogen-bond donors (Lipinski definition) is 2. The van der Waals surface area contributed by atoms with E-state index in [1.54, 1.807) is 0 Å². The summed E-state index contributed by atoms with van der Waals surface area (Å²) in [6.07, 6.45) is 2.09. The van der Waals surface area contributed by atoms with Crippen LogP contribution in [0.5, 0.6) is 0 Å². The third-order valence-electron chi connectivity index (χ3n) is 3.52. The number of hydrogen-bond acceptors (Lipinski definition) is 3. The largest absolute Gasteiger partial charge is 0.381 e. The Kier molecular flexibility index (Phi) is 5.40. The van der Waals surface area contributed by atoms with Crippen LogP contribution in [0.3, 0.4) is 0 Å². The number of carbonyl (C=O) groups is 1. The summed E-state index contributed by atoms with van der Waals surface area (Å²) in [5, 5.41) is 6.31. The first-order chi connectivity index (χ1) is 7.97. The summed E-state index contributed by atoms with van der Waals surface area (Å²) in [6, 6.07) is 0.226. The summed E-state index contributed by atoms with van der Waals surface area (Å²) in [5.74, 6) is 0.628. The van der Waals surface area contributed by atoms with Crippen molar-refractivity contribution in [3.8, 4) is 0 Å². The van der Waals surface area contributed by atoms with Crippen molar-refractivity contribution < 1.29 is 9.53 Å². The molecular formula is C13H26N2O2. The molecule has 1 aliphatic heterocycles. The zero-order valence-corrected chi connectivity index (χ0v) is 11.5. The molecule has 1 unspecified atom stereocenters. The average molecular weight is 242 g/mol. The Morgan fingerprint density at radius 1 is 1.41 bits per heavy atom. The molecule has 1 saturated heterocycles. The maximum atomic E-state index is 12.1. The molecule has 0 bridgehead atoms. The number of likely N-dealkylation sites (N-methyl/N-ethyl adjacent to an activating group) is 1. The van der Waals surface area contributed by atoms with Gasteiger partial charge in [0.2, 0.25) is 5.91 Å². The summed E-state index contributed by atoms with van der Waals surface area (Å²) in [4.78, 5) is 12.1. The molecule has 1 rings (SSSR count). The van der Waals surface area contributed by atoms with Crippen molar-refractivity contribution in [1.29, 1.82) is 0 Å². The van der Waals surface area contributed by atoms with Crippen molar-refractivity contribution >= 4 is 5.91 Å². The monoisotopic (exact) mass is 242 g/mol. The van der Waals surface area contributed by atoms with Gasteiger partial charge in [-0.25, -0.2) is 0 Å². The number of rotatable bonds is 5. The highest BCUT2D eigenvalue weighted by atomic mass is 16.5. The Bertz CT molecular complexity index is 248. The third-order valence-corrected chi connectivity index (χ3v) is 3.52. The van der Waals surface area contributed by atoms with E-state index in [4.69, 9.17) is 4.74 Å². The average Bonchev–Trinajstić information content (AvgIpc) is 2.30. The molecule has 0 aromatic carbocycles. The van der Waals surface area contributed by atoms with Crippen molar-refractivity contribution in [3.63, 3.8) is 0 Å². The Hall–Kier alpha value is -0.610. The van der Waals surface area contributed by atoms with E-state index in [1.165, 1.54) is 0 Å². The quantitative estimate of drug-likeness (QED) is 0.764. The highest BCUT2D eigenvalue weighted by molar-refractivity contribution is 5.85. The molecule has 1 amide bonds. The van der Waals surface area contributed by atoms with Crippen LogP contribution in [0.2, 0.25) is 0 Å². The van der Waals surface area contributed by atoms with Crippen LogP contribution in [0.1, 0.15) is 40.5 Å². The summed E-state index contributed by atoms with van der Waals surface area (Å²) in [5.41, 5.74) is -0.492. The molecule has 0 radical (unpaired) electrons. The van der Waals surface area contributed by atoms with E-state index >= 15 is 0 Å². The van der Waals surface area contributed by atoms with Crippen LogP contribution >= 0.6 is 0 Å². The number of ether oxygens (including phenoxy) is 1.